The Morgan fingerprint density at radius 2 is 1.92 bits per heavy atom. The van der Waals surface area contributed by atoms with E-state index in [0.29, 0.717) is 17.0 Å². The smallest absolute Gasteiger partial charge is 0.254 e. The van der Waals surface area contributed by atoms with Crippen molar-refractivity contribution < 1.29 is 18.0 Å². The van der Waals surface area contributed by atoms with Gasteiger partial charge in [-0.05, 0) is 44.1 Å². The van der Waals surface area contributed by atoms with Crippen LogP contribution < -0.4 is 10.6 Å². The molecule has 1 saturated carbocycles. The second-order valence-corrected chi connectivity index (χ2v) is 10.2. The van der Waals surface area contributed by atoms with Gasteiger partial charge in [0.2, 0.25) is 5.91 Å². The summed E-state index contributed by atoms with van der Waals surface area (Å²) in [5.41, 5.74) is 1.67. The molecule has 1 aromatic heterocycles. The van der Waals surface area contributed by atoms with Crippen LogP contribution in [0.2, 0.25) is 0 Å². The van der Waals surface area contributed by atoms with Crippen LogP contribution in [0.5, 0.6) is 0 Å². The summed E-state index contributed by atoms with van der Waals surface area (Å²) in [5, 5.41) is 6.44. The fourth-order valence-corrected chi connectivity index (χ4v) is 6.46. The predicted molar refractivity (Wildman–Crippen MR) is 92.2 cm³/mol. The summed E-state index contributed by atoms with van der Waals surface area (Å²) in [5.74, 6) is -0.914. The number of rotatable bonds is 4. The fourth-order valence-electron chi connectivity index (χ4n) is 3.43. The zero-order valence-corrected chi connectivity index (χ0v) is 14.9. The van der Waals surface area contributed by atoms with E-state index in [9.17, 15) is 18.0 Å². The molecule has 2 fully saturated rings. The molecule has 8 heteroatoms. The van der Waals surface area contributed by atoms with Gasteiger partial charge < -0.3 is 10.6 Å². The normalized spacial score (nSPS) is 24.6. The monoisotopic (exact) mass is 368 g/mol. The van der Waals surface area contributed by atoms with E-state index < -0.39 is 15.8 Å². The van der Waals surface area contributed by atoms with Gasteiger partial charge in [0.1, 0.15) is 5.00 Å². The van der Waals surface area contributed by atoms with E-state index in [0.717, 1.165) is 37.7 Å². The highest BCUT2D eigenvalue weighted by molar-refractivity contribution is 7.91. The van der Waals surface area contributed by atoms with Crippen LogP contribution in [0.3, 0.4) is 0 Å². The quantitative estimate of drug-likeness (QED) is 0.842. The zero-order valence-electron chi connectivity index (χ0n) is 13.3. The van der Waals surface area contributed by atoms with Crippen molar-refractivity contribution in [1.29, 1.82) is 0 Å². The number of hydrogen-bond donors (Lipinski definition) is 2. The predicted octanol–water partition coefficient (Wildman–Crippen LogP) is 1.50. The van der Waals surface area contributed by atoms with Crippen LogP contribution in [0.1, 0.15) is 46.5 Å². The Bertz CT molecular complexity index is 808. The van der Waals surface area contributed by atoms with Gasteiger partial charge in [0.05, 0.1) is 23.0 Å². The van der Waals surface area contributed by atoms with Gasteiger partial charge in [-0.15, -0.1) is 11.3 Å². The molecule has 1 aromatic rings. The van der Waals surface area contributed by atoms with Crippen LogP contribution in [0.25, 0.3) is 0 Å². The minimum atomic E-state index is -3.10. The Morgan fingerprint density at radius 1 is 1.12 bits per heavy atom. The van der Waals surface area contributed by atoms with Gasteiger partial charge in [0.15, 0.2) is 9.84 Å². The van der Waals surface area contributed by atoms with Crippen LogP contribution in [0.4, 0.5) is 5.00 Å². The molecule has 1 saturated heterocycles. The first-order valence-electron chi connectivity index (χ1n) is 8.39. The van der Waals surface area contributed by atoms with E-state index in [2.05, 4.69) is 10.6 Å². The molecule has 2 amide bonds. The number of anilines is 1. The maximum Gasteiger partial charge on any atom is 0.254 e. The Morgan fingerprint density at radius 3 is 2.58 bits per heavy atom. The van der Waals surface area contributed by atoms with Crippen molar-refractivity contribution in [2.75, 3.05) is 16.8 Å². The molecule has 0 aromatic carbocycles. The topological polar surface area (TPSA) is 92.3 Å². The number of nitrogens with one attached hydrogen (secondary N) is 2. The fraction of sp³-hybridized carbons (Fsp3) is 0.625. The lowest BCUT2D eigenvalue weighted by molar-refractivity contribution is -0.119. The molecule has 1 atom stereocenters. The van der Waals surface area contributed by atoms with Gasteiger partial charge in [0, 0.05) is 10.9 Å². The highest BCUT2D eigenvalue weighted by Gasteiger charge is 2.35. The summed E-state index contributed by atoms with van der Waals surface area (Å²) in [7, 11) is -3.10. The molecule has 1 aliphatic heterocycles. The highest BCUT2D eigenvalue weighted by atomic mass is 32.2. The Balaban J connectivity index is 1.56. The molecule has 0 bridgehead atoms. The molecule has 6 nitrogen and oxygen atoms in total. The average Bonchev–Trinajstić information content (AvgIpc) is 2.91. The van der Waals surface area contributed by atoms with E-state index in [1.165, 1.54) is 16.2 Å². The van der Waals surface area contributed by atoms with Crippen LogP contribution in [0.15, 0.2) is 0 Å². The molecule has 4 rings (SSSR count). The summed E-state index contributed by atoms with van der Waals surface area (Å²) < 4.78 is 23.1. The SMILES string of the molecule is O=C(NC1CC1)c1c(NC(=O)[C@H]2CCS(=O)(=O)C2)sc2c1CCC2. The van der Waals surface area contributed by atoms with Gasteiger partial charge in [-0.1, -0.05) is 0 Å². The number of fused-ring (bicyclic) bond motifs is 1. The number of aryl methyl sites for hydroxylation is 1. The second-order valence-electron chi connectivity index (χ2n) is 6.90. The van der Waals surface area contributed by atoms with E-state index >= 15 is 0 Å². The summed E-state index contributed by atoms with van der Waals surface area (Å²) >= 11 is 1.47. The summed E-state index contributed by atoms with van der Waals surface area (Å²) in [6.45, 7) is 0. The van der Waals surface area contributed by atoms with Crippen LogP contribution >= 0.6 is 11.3 Å². The lowest BCUT2D eigenvalue weighted by Crippen LogP contribution is -2.28. The minimum Gasteiger partial charge on any atom is -0.349 e. The Labute approximate surface area is 144 Å². The maximum absolute atomic E-state index is 12.6. The molecule has 0 spiro atoms. The number of amides is 2. The molecule has 2 aliphatic carbocycles. The Hall–Kier alpha value is -1.41. The van der Waals surface area contributed by atoms with Crippen molar-refractivity contribution in [2.45, 2.75) is 44.6 Å². The zero-order chi connectivity index (χ0) is 16.9. The highest BCUT2D eigenvalue weighted by Crippen LogP contribution is 2.40. The molecular formula is C16H20N2O4S2. The number of carbonyl (C=O) groups is 2. The van der Waals surface area contributed by atoms with Gasteiger partial charge in [0.25, 0.3) is 5.91 Å². The molecular weight excluding hydrogens is 348 g/mol. The van der Waals surface area contributed by atoms with E-state index in [1.54, 1.807) is 0 Å². The van der Waals surface area contributed by atoms with Crippen molar-refractivity contribution in [3.05, 3.63) is 16.0 Å². The Kier molecular flexibility index (Phi) is 3.91. The molecule has 24 heavy (non-hydrogen) atoms. The van der Waals surface area contributed by atoms with Crippen LogP contribution in [0, 0.1) is 5.92 Å². The molecule has 0 radical (unpaired) electrons. The minimum absolute atomic E-state index is 0.0705. The van der Waals surface area contributed by atoms with Crippen molar-refractivity contribution in [2.24, 2.45) is 5.92 Å². The largest absolute Gasteiger partial charge is 0.349 e. The van der Waals surface area contributed by atoms with Crippen molar-refractivity contribution in [1.82, 2.24) is 5.32 Å². The first-order chi connectivity index (χ1) is 11.4. The molecule has 3 aliphatic rings. The molecule has 130 valence electrons. The third-order valence-corrected chi connectivity index (χ3v) is 7.88. The maximum atomic E-state index is 12.6. The van der Waals surface area contributed by atoms with Crippen LogP contribution in [-0.4, -0.2) is 37.8 Å². The number of thiophene rings is 1. The summed E-state index contributed by atoms with van der Waals surface area (Å²) in [6, 6.07) is 0.262. The van der Waals surface area contributed by atoms with Gasteiger partial charge in [-0.3, -0.25) is 9.59 Å². The third-order valence-electron chi connectivity index (χ3n) is 4.90. The van der Waals surface area contributed by atoms with Crippen molar-refractivity contribution in [3.63, 3.8) is 0 Å². The van der Waals surface area contributed by atoms with Crippen molar-refractivity contribution >= 4 is 38.0 Å². The van der Waals surface area contributed by atoms with Gasteiger partial charge in [-0.2, -0.15) is 0 Å². The van der Waals surface area contributed by atoms with E-state index in [1.807, 2.05) is 0 Å². The third kappa shape index (κ3) is 3.09. The van der Waals surface area contributed by atoms with E-state index in [-0.39, 0.29) is 29.4 Å². The lowest BCUT2D eigenvalue weighted by atomic mass is 10.1. The van der Waals surface area contributed by atoms with Crippen molar-refractivity contribution in [3.8, 4) is 0 Å². The van der Waals surface area contributed by atoms with Gasteiger partial charge in [-0.25, -0.2) is 8.42 Å². The van der Waals surface area contributed by atoms with Gasteiger partial charge >= 0.3 is 0 Å². The van der Waals surface area contributed by atoms with Crippen LogP contribution in [-0.2, 0) is 27.5 Å². The first-order valence-corrected chi connectivity index (χ1v) is 11.0. The molecule has 2 heterocycles. The lowest BCUT2D eigenvalue weighted by Gasteiger charge is -2.11. The number of carbonyl (C=O) groups excluding carboxylic acids is 2. The summed E-state index contributed by atoms with van der Waals surface area (Å²) in [6.07, 6.45) is 5.24. The second kappa shape index (κ2) is 5.84. The molecule has 0 unspecified atom stereocenters. The average molecular weight is 368 g/mol. The first kappa shape index (κ1) is 16.1. The standard InChI is InChI=1S/C16H20N2O4S2/c19-14(9-6-7-24(21,22)8-9)18-16-13(15(20)17-10-4-5-10)11-2-1-3-12(11)23-16/h9-10H,1-8H2,(H,17,20)(H,18,19)/t9-/m0/s1. The van der Waals surface area contributed by atoms with E-state index in [4.69, 9.17) is 0 Å². The summed E-state index contributed by atoms with van der Waals surface area (Å²) in [4.78, 5) is 26.2. The number of hydrogen-bond acceptors (Lipinski definition) is 5. The molecule has 2 N–H and O–H groups in total. The number of sulfone groups is 1.